The third kappa shape index (κ3) is 3.30. The Labute approximate surface area is 143 Å². The van der Waals surface area contributed by atoms with Crippen LogP contribution >= 0.6 is 11.8 Å². The Morgan fingerprint density at radius 2 is 2.04 bits per heavy atom. The smallest absolute Gasteiger partial charge is 0.338 e. The van der Waals surface area contributed by atoms with E-state index in [1.807, 2.05) is 19.1 Å². The van der Waals surface area contributed by atoms with E-state index in [4.69, 9.17) is 9.47 Å². The number of methoxy groups -OCH3 is 1. The van der Waals surface area contributed by atoms with Crippen molar-refractivity contribution in [1.82, 2.24) is 15.0 Å². The molecule has 0 spiro atoms. The van der Waals surface area contributed by atoms with Gasteiger partial charge in [-0.3, -0.25) is 4.98 Å². The van der Waals surface area contributed by atoms with Crippen molar-refractivity contribution in [2.75, 3.05) is 13.7 Å². The van der Waals surface area contributed by atoms with Crippen molar-refractivity contribution in [1.29, 1.82) is 0 Å². The van der Waals surface area contributed by atoms with Gasteiger partial charge in [0.05, 0.1) is 24.8 Å². The SMILES string of the molecule is CCOc1ccnc(Sc2ccc(C(=O)OC)c3cccnc23)n1. The number of ether oxygens (including phenoxy) is 2. The minimum atomic E-state index is -0.390. The summed E-state index contributed by atoms with van der Waals surface area (Å²) in [5.41, 5.74) is 1.18. The number of hydrogen-bond donors (Lipinski definition) is 0. The maximum absolute atomic E-state index is 11.9. The molecule has 122 valence electrons. The number of esters is 1. The number of hydrogen-bond acceptors (Lipinski definition) is 7. The van der Waals surface area contributed by atoms with Gasteiger partial charge in [-0.25, -0.2) is 9.78 Å². The molecule has 0 saturated heterocycles. The monoisotopic (exact) mass is 341 g/mol. The number of carbonyl (C=O) groups is 1. The van der Waals surface area contributed by atoms with Gasteiger partial charge in [-0.05, 0) is 36.9 Å². The molecule has 6 nitrogen and oxygen atoms in total. The summed E-state index contributed by atoms with van der Waals surface area (Å²) in [6.45, 7) is 2.44. The Kier molecular flexibility index (Phi) is 4.90. The van der Waals surface area contributed by atoms with E-state index < -0.39 is 0 Å². The first-order chi connectivity index (χ1) is 11.7. The van der Waals surface area contributed by atoms with Crippen molar-refractivity contribution >= 4 is 28.6 Å². The zero-order valence-electron chi connectivity index (χ0n) is 13.2. The summed E-state index contributed by atoms with van der Waals surface area (Å²) < 4.78 is 10.2. The largest absolute Gasteiger partial charge is 0.478 e. The first-order valence-corrected chi connectivity index (χ1v) is 8.14. The molecular formula is C17H15N3O3S. The third-order valence-electron chi connectivity index (χ3n) is 3.24. The predicted molar refractivity (Wildman–Crippen MR) is 90.4 cm³/mol. The third-order valence-corrected chi connectivity index (χ3v) is 4.17. The lowest BCUT2D eigenvalue weighted by molar-refractivity contribution is 0.0603. The molecule has 1 aromatic carbocycles. The van der Waals surface area contributed by atoms with Crippen molar-refractivity contribution in [3.63, 3.8) is 0 Å². The first kappa shape index (κ1) is 16.2. The highest BCUT2D eigenvalue weighted by molar-refractivity contribution is 7.99. The lowest BCUT2D eigenvalue weighted by Crippen LogP contribution is -2.03. The number of rotatable bonds is 5. The highest BCUT2D eigenvalue weighted by Crippen LogP contribution is 2.32. The van der Waals surface area contributed by atoms with Crippen LogP contribution in [0.4, 0.5) is 0 Å². The summed E-state index contributed by atoms with van der Waals surface area (Å²) in [4.78, 5) is 25.8. The van der Waals surface area contributed by atoms with Crippen LogP contribution in [0.1, 0.15) is 17.3 Å². The van der Waals surface area contributed by atoms with E-state index in [0.717, 1.165) is 10.3 Å². The molecule has 0 fully saturated rings. The molecule has 0 aliphatic rings. The maximum atomic E-state index is 11.9. The number of aromatic nitrogens is 3. The van der Waals surface area contributed by atoms with E-state index in [1.165, 1.54) is 18.9 Å². The molecule has 2 aromatic heterocycles. The topological polar surface area (TPSA) is 74.2 Å². The summed E-state index contributed by atoms with van der Waals surface area (Å²) in [5, 5.41) is 1.29. The summed E-state index contributed by atoms with van der Waals surface area (Å²) in [6, 6.07) is 8.89. The van der Waals surface area contributed by atoms with Crippen LogP contribution < -0.4 is 4.74 Å². The molecule has 0 amide bonds. The normalized spacial score (nSPS) is 10.6. The van der Waals surface area contributed by atoms with Crippen LogP contribution in [0.25, 0.3) is 10.9 Å². The summed E-state index contributed by atoms with van der Waals surface area (Å²) in [7, 11) is 1.36. The Bertz CT molecular complexity index is 886. The Balaban J connectivity index is 2.02. The quantitative estimate of drug-likeness (QED) is 0.520. The number of pyridine rings is 1. The molecule has 0 radical (unpaired) electrons. The number of fused-ring (bicyclic) bond motifs is 1. The van der Waals surface area contributed by atoms with Crippen LogP contribution in [-0.2, 0) is 4.74 Å². The van der Waals surface area contributed by atoms with Crippen LogP contribution in [0.2, 0.25) is 0 Å². The Hall–Kier alpha value is -2.67. The summed E-state index contributed by atoms with van der Waals surface area (Å²) in [6.07, 6.45) is 3.34. The highest BCUT2D eigenvalue weighted by atomic mass is 32.2. The van der Waals surface area contributed by atoms with E-state index in [1.54, 1.807) is 30.6 Å². The van der Waals surface area contributed by atoms with Crippen LogP contribution in [0.15, 0.2) is 52.8 Å². The van der Waals surface area contributed by atoms with Gasteiger partial charge in [0, 0.05) is 28.7 Å². The fraction of sp³-hybridized carbons (Fsp3) is 0.176. The average Bonchev–Trinajstić information content (AvgIpc) is 2.62. The van der Waals surface area contributed by atoms with Gasteiger partial charge in [0.1, 0.15) is 0 Å². The van der Waals surface area contributed by atoms with Crippen LogP contribution in [0.3, 0.4) is 0 Å². The molecule has 0 atom stereocenters. The van der Waals surface area contributed by atoms with Gasteiger partial charge >= 0.3 is 5.97 Å². The van der Waals surface area contributed by atoms with Gasteiger partial charge < -0.3 is 9.47 Å². The van der Waals surface area contributed by atoms with E-state index in [2.05, 4.69) is 15.0 Å². The Morgan fingerprint density at radius 3 is 2.83 bits per heavy atom. The van der Waals surface area contributed by atoms with E-state index in [0.29, 0.717) is 28.7 Å². The minimum Gasteiger partial charge on any atom is -0.478 e. The van der Waals surface area contributed by atoms with Crippen LogP contribution in [0.5, 0.6) is 5.88 Å². The summed E-state index contributed by atoms with van der Waals surface area (Å²) in [5.74, 6) is 0.137. The fourth-order valence-corrected chi connectivity index (χ4v) is 3.06. The molecule has 0 unspecified atom stereocenters. The molecule has 0 saturated carbocycles. The zero-order valence-corrected chi connectivity index (χ0v) is 14.0. The molecule has 0 bridgehead atoms. The number of benzene rings is 1. The van der Waals surface area contributed by atoms with Crippen LogP contribution in [0, 0.1) is 0 Å². The molecule has 3 rings (SSSR count). The van der Waals surface area contributed by atoms with Gasteiger partial charge in [0.25, 0.3) is 0 Å². The highest BCUT2D eigenvalue weighted by Gasteiger charge is 2.15. The van der Waals surface area contributed by atoms with Gasteiger partial charge in [-0.15, -0.1) is 0 Å². The second-order valence-electron chi connectivity index (χ2n) is 4.71. The summed E-state index contributed by atoms with van der Waals surface area (Å²) >= 11 is 1.37. The number of nitrogens with zero attached hydrogens (tertiary/aromatic N) is 3. The Morgan fingerprint density at radius 1 is 1.17 bits per heavy atom. The molecule has 2 heterocycles. The van der Waals surface area contributed by atoms with Crippen LogP contribution in [-0.4, -0.2) is 34.6 Å². The standard InChI is InChI=1S/C17H15N3O3S/c1-3-23-14-8-10-19-17(20-14)24-13-7-6-12(16(21)22-2)11-5-4-9-18-15(11)13/h4-10H,3H2,1-2H3. The number of carbonyl (C=O) groups excluding carboxylic acids is 1. The van der Waals surface area contributed by atoms with Crippen molar-refractivity contribution in [3.05, 3.63) is 48.3 Å². The fourth-order valence-electron chi connectivity index (χ4n) is 2.22. The molecular weight excluding hydrogens is 326 g/mol. The van der Waals surface area contributed by atoms with E-state index >= 15 is 0 Å². The average molecular weight is 341 g/mol. The van der Waals surface area contributed by atoms with Gasteiger partial charge in [-0.2, -0.15) is 4.98 Å². The maximum Gasteiger partial charge on any atom is 0.338 e. The zero-order chi connectivity index (χ0) is 16.9. The minimum absolute atomic E-state index is 0.390. The lowest BCUT2D eigenvalue weighted by Gasteiger charge is -2.09. The van der Waals surface area contributed by atoms with E-state index in [9.17, 15) is 4.79 Å². The molecule has 7 heteroatoms. The predicted octanol–water partition coefficient (Wildman–Crippen LogP) is 3.36. The van der Waals surface area contributed by atoms with E-state index in [-0.39, 0.29) is 5.97 Å². The molecule has 24 heavy (non-hydrogen) atoms. The molecule has 3 aromatic rings. The molecule has 0 aliphatic heterocycles. The second-order valence-corrected chi connectivity index (χ2v) is 5.72. The van der Waals surface area contributed by atoms with Crippen molar-refractivity contribution in [2.24, 2.45) is 0 Å². The van der Waals surface area contributed by atoms with Crippen molar-refractivity contribution in [2.45, 2.75) is 17.0 Å². The van der Waals surface area contributed by atoms with Gasteiger partial charge in [-0.1, -0.05) is 6.07 Å². The molecule has 0 aliphatic carbocycles. The van der Waals surface area contributed by atoms with Gasteiger partial charge in [0.2, 0.25) is 5.88 Å². The molecule has 0 N–H and O–H groups in total. The first-order valence-electron chi connectivity index (χ1n) is 7.32. The van der Waals surface area contributed by atoms with Crippen molar-refractivity contribution < 1.29 is 14.3 Å². The van der Waals surface area contributed by atoms with Crippen molar-refractivity contribution in [3.8, 4) is 5.88 Å². The van der Waals surface area contributed by atoms with Gasteiger partial charge in [0.15, 0.2) is 5.16 Å². The lowest BCUT2D eigenvalue weighted by atomic mass is 10.1. The second kappa shape index (κ2) is 7.27.